The second-order valence-corrected chi connectivity index (χ2v) is 9.52. The van der Waals surface area contributed by atoms with Crippen molar-refractivity contribution in [2.24, 2.45) is 0 Å². The van der Waals surface area contributed by atoms with Crippen LogP contribution in [0.2, 0.25) is 5.02 Å². The number of nitrogens with zero attached hydrogens (tertiary/aromatic N) is 4. The summed E-state index contributed by atoms with van der Waals surface area (Å²) in [5.74, 6) is 1.26. The highest BCUT2D eigenvalue weighted by Gasteiger charge is 2.17. The topological polar surface area (TPSA) is 72.9 Å². The Hall–Kier alpha value is -3.13. The molecule has 0 saturated heterocycles. The third-order valence-corrected chi connectivity index (χ3v) is 7.11. The molecule has 5 aromatic rings. The first-order valence-electron chi connectivity index (χ1n) is 10.9. The zero-order valence-electron chi connectivity index (χ0n) is 18.8. The number of aliphatic hydroxyl groups is 1. The average molecular weight is 491 g/mol. The standard InChI is InChI=1S/C26H23ClN4O2S/c1-16-7-9-19(13-17(16)2)31-25(33)20-5-3-4-6-21(20)29-26(31)34-15-24-28-22-10-8-18(27)14-23(22)30(24)11-12-32/h3-10,13-14,32H,11-12,15H2,1-2H3. The Morgan fingerprint density at radius 1 is 0.971 bits per heavy atom. The van der Waals surface area contributed by atoms with Gasteiger partial charge in [-0.3, -0.25) is 9.36 Å². The van der Waals surface area contributed by atoms with E-state index < -0.39 is 0 Å². The summed E-state index contributed by atoms with van der Waals surface area (Å²) < 4.78 is 3.64. The van der Waals surface area contributed by atoms with Gasteiger partial charge < -0.3 is 9.67 Å². The summed E-state index contributed by atoms with van der Waals surface area (Å²) in [6.07, 6.45) is 0. The molecule has 34 heavy (non-hydrogen) atoms. The van der Waals surface area contributed by atoms with Gasteiger partial charge in [-0.1, -0.05) is 41.6 Å². The van der Waals surface area contributed by atoms with Gasteiger partial charge in [-0.15, -0.1) is 0 Å². The number of imidazole rings is 1. The fourth-order valence-electron chi connectivity index (χ4n) is 4.04. The van der Waals surface area contributed by atoms with E-state index in [0.29, 0.717) is 33.4 Å². The Morgan fingerprint density at radius 2 is 1.79 bits per heavy atom. The number of fused-ring (bicyclic) bond motifs is 2. The van der Waals surface area contributed by atoms with Gasteiger partial charge in [-0.05, 0) is 67.4 Å². The van der Waals surface area contributed by atoms with Crippen LogP contribution in [0.15, 0.2) is 70.6 Å². The Bertz CT molecular complexity index is 1590. The van der Waals surface area contributed by atoms with Gasteiger partial charge in [-0.2, -0.15) is 0 Å². The zero-order chi connectivity index (χ0) is 23.8. The van der Waals surface area contributed by atoms with Gasteiger partial charge in [0.05, 0.1) is 40.0 Å². The normalized spacial score (nSPS) is 11.5. The van der Waals surface area contributed by atoms with Crippen molar-refractivity contribution < 1.29 is 5.11 Å². The molecule has 3 aromatic carbocycles. The van der Waals surface area contributed by atoms with Crippen LogP contribution in [0.4, 0.5) is 0 Å². The van der Waals surface area contributed by atoms with E-state index in [9.17, 15) is 9.90 Å². The molecule has 6 nitrogen and oxygen atoms in total. The summed E-state index contributed by atoms with van der Waals surface area (Å²) in [7, 11) is 0. The van der Waals surface area contributed by atoms with Crippen LogP contribution < -0.4 is 5.56 Å². The van der Waals surface area contributed by atoms with E-state index in [4.69, 9.17) is 21.6 Å². The summed E-state index contributed by atoms with van der Waals surface area (Å²) in [5, 5.41) is 11.4. The molecule has 0 radical (unpaired) electrons. The van der Waals surface area contributed by atoms with Crippen molar-refractivity contribution >= 4 is 45.3 Å². The molecule has 0 amide bonds. The second kappa shape index (κ2) is 9.25. The lowest BCUT2D eigenvalue weighted by Crippen LogP contribution is -2.22. The van der Waals surface area contributed by atoms with Gasteiger partial charge in [0.15, 0.2) is 5.16 Å². The van der Waals surface area contributed by atoms with Gasteiger partial charge in [0.1, 0.15) is 5.82 Å². The molecular weight excluding hydrogens is 468 g/mol. The van der Waals surface area contributed by atoms with E-state index in [-0.39, 0.29) is 12.2 Å². The van der Waals surface area contributed by atoms with Crippen molar-refractivity contribution in [2.45, 2.75) is 31.3 Å². The number of thioether (sulfide) groups is 1. The third-order valence-electron chi connectivity index (χ3n) is 5.94. The van der Waals surface area contributed by atoms with E-state index >= 15 is 0 Å². The van der Waals surface area contributed by atoms with Gasteiger partial charge >= 0.3 is 0 Å². The highest BCUT2D eigenvalue weighted by molar-refractivity contribution is 7.98. The average Bonchev–Trinajstić information content (AvgIpc) is 3.16. The molecule has 0 aliphatic heterocycles. The molecule has 0 unspecified atom stereocenters. The second-order valence-electron chi connectivity index (χ2n) is 8.15. The van der Waals surface area contributed by atoms with Crippen LogP contribution in [0.25, 0.3) is 27.6 Å². The maximum Gasteiger partial charge on any atom is 0.266 e. The predicted octanol–water partition coefficient (Wildman–Crippen LogP) is 5.29. The van der Waals surface area contributed by atoms with Crippen LogP contribution in [-0.2, 0) is 12.3 Å². The third kappa shape index (κ3) is 4.11. The summed E-state index contributed by atoms with van der Waals surface area (Å²) in [6.45, 7) is 4.47. The molecule has 0 atom stereocenters. The van der Waals surface area contributed by atoms with Crippen molar-refractivity contribution in [3.8, 4) is 5.69 Å². The smallest absolute Gasteiger partial charge is 0.266 e. The van der Waals surface area contributed by atoms with Crippen LogP contribution in [0.3, 0.4) is 0 Å². The van der Waals surface area contributed by atoms with Gasteiger partial charge in [0.2, 0.25) is 0 Å². The zero-order valence-corrected chi connectivity index (χ0v) is 20.4. The first-order valence-corrected chi connectivity index (χ1v) is 12.3. The lowest BCUT2D eigenvalue weighted by Gasteiger charge is -2.15. The molecule has 1 N–H and O–H groups in total. The number of aryl methyl sites for hydroxylation is 2. The number of para-hydroxylation sites is 1. The summed E-state index contributed by atoms with van der Waals surface area (Å²) in [6, 6.07) is 18.9. The van der Waals surface area contributed by atoms with E-state index in [0.717, 1.165) is 33.7 Å². The number of aromatic nitrogens is 4. The quantitative estimate of drug-likeness (QED) is 0.258. The van der Waals surface area contributed by atoms with Gasteiger partial charge in [0, 0.05) is 11.6 Å². The maximum absolute atomic E-state index is 13.5. The summed E-state index contributed by atoms with van der Waals surface area (Å²) >= 11 is 7.65. The van der Waals surface area contributed by atoms with Crippen molar-refractivity contribution in [1.82, 2.24) is 19.1 Å². The molecule has 2 heterocycles. The van der Waals surface area contributed by atoms with Crippen LogP contribution in [0.5, 0.6) is 0 Å². The molecule has 0 saturated carbocycles. The number of halogens is 1. The predicted molar refractivity (Wildman–Crippen MR) is 138 cm³/mol. The number of hydrogen-bond donors (Lipinski definition) is 1. The Labute approximate surface area is 205 Å². The maximum atomic E-state index is 13.5. The largest absolute Gasteiger partial charge is 0.395 e. The van der Waals surface area contributed by atoms with Crippen LogP contribution >= 0.6 is 23.4 Å². The minimum absolute atomic E-state index is 0.0167. The molecule has 172 valence electrons. The summed E-state index contributed by atoms with van der Waals surface area (Å²) in [5.41, 5.74) is 5.29. The van der Waals surface area contributed by atoms with E-state index in [1.54, 1.807) is 16.7 Å². The Kier molecular flexibility index (Phi) is 6.16. The fraction of sp³-hybridized carbons (Fsp3) is 0.192. The summed E-state index contributed by atoms with van der Waals surface area (Å²) in [4.78, 5) is 23.1. The fourth-order valence-corrected chi connectivity index (χ4v) is 5.16. The highest BCUT2D eigenvalue weighted by Crippen LogP contribution is 2.28. The Morgan fingerprint density at radius 3 is 2.59 bits per heavy atom. The first kappa shape index (κ1) is 22.7. The molecule has 8 heteroatoms. The monoisotopic (exact) mass is 490 g/mol. The minimum atomic E-state index is -0.105. The van der Waals surface area contributed by atoms with Crippen molar-refractivity contribution in [3.63, 3.8) is 0 Å². The van der Waals surface area contributed by atoms with Crippen molar-refractivity contribution in [1.29, 1.82) is 0 Å². The van der Waals surface area contributed by atoms with Crippen LogP contribution in [0.1, 0.15) is 17.0 Å². The molecule has 0 spiro atoms. The van der Waals surface area contributed by atoms with Gasteiger partial charge in [0.25, 0.3) is 5.56 Å². The van der Waals surface area contributed by atoms with E-state index in [1.165, 1.54) is 11.8 Å². The molecule has 5 rings (SSSR count). The Balaban J connectivity index is 1.62. The first-order chi connectivity index (χ1) is 16.5. The molecule has 0 aliphatic rings. The lowest BCUT2D eigenvalue weighted by atomic mass is 10.1. The van der Waals surface area contributed by atoms with Gasteiger partial charge in [-0.25, -0.2) is 9.97 Å². The van der Waals surface area contributed by atoms with E-state index in [1.807, 2.05) is 66.9 Å². The van der Waals surface area contributed by atoms with Crippen LogP contribution in [0, 0.1) is 13.8 Å². The van der Waals surface area contributed by atoms with Crippen molar-refractivity contribution in [3.05, 3.63) is 93.0 Å². The molecule has 0 aliphatic carbocycles. The van der Waals surface area contributed by atoms with Crippen LogP contribution in [-0.4, -0.2) is 30.8 Å². The minimum Gasteiger partial charge on any atom is -0.395 e. The molecular formula is C26H23ClN4O2S. The molecule has 0 bridgehead atoms. The SMILES string of the molecule is Cc1ccc(-n2c(SCc3nc4ccc(Cl)cc4n3CCO)nc3ccccc3c2=O)cc1C. The highest BCUT2D eigenvalue weighted by atomic mass is 35.5. The number of aliphatic hydroxyl groups excluding tert-OH is 1. The number of benzene rings is 3. The molecule has 2 aromatic heterocycles. The van der Waals surface area contributed by atoms with Crippen molar-refractivity contribution in [2.75, 3.05) is 6.61 Å². The number of rotatable bonds is 6. The van der Waals surface area contributed by atoms with E-state index in [2.05, 4.69) is 0 Å². The lowest BCUT2D eigenvalue weighted by molar-refractivity contribution is 0.276. The molecule has 0 fully saturated rings. The number of hydrogen-bond acceptors (Lipinski definition) is 5.